The average Bonchev–Trinajstić information content (AvgIpc) is 2.81. The summed E-state index contributed by atoms with van der Waals surface area (Å²) < 4.78 is 0. The van der Waals surface area contributed by atoms with Crippen molar-refractivity contribution >= 4 is 11.3 Å². The van der Waals surface area contributed by atoms with Gasteiger partial charge in [-0.25, -0.2) is 4.98 Å². The maximum absolute atomic E-state index is 4.98. The summed E-state index contributed by atoms with van der Waals surface area (Å²) in [6, 6.07) is 0.516. The molecule has 1 aliphatic rings. The molecule has 1 aliphatic carbocycles. The highest BCUT2D eigenvalue weighted by Crippen LogP contribution is 2.42. The summed E-state index contributed by atoms with van der Waals surface area (Å²) in [7, 11) is 0. The Bertz CT molecular complexity index is 428. The molecule has 1 aromatic rings. The summed E-state index contributed by atoms with van der Waals surface area (Å²) >= 11 is 1.92. The van der Waals surface area contributed by atoms with Gasteiger partial charge in [0.15, 0.2) is 0 Å². The van der Waals surface area contributed by atoms with Crippen LogP contribution in [0.4, 0.5) is 0 Å². The maximum Gasteiger partial charge on any atom is 0.113 e. The predicted octanol–water partition coefficient (Wildman–Crippen LogP) is 4.81. The molecule has 3 heteroatoms. The second-order valence-electron chi connectivity index (χ2n) is 6.61. The Morgan fingerprint density at radius 1 is 1.30 bits per heavy atom. The highest BCUT2D eigenvalue weighted by Gasteiger charge is 2.39. The van der Waals surface area contributed by atoms with E-state index in [4.69, 9.17) is 4.98 Å². The van der Waals surface area contributed by atoms with Gasteiger partial charge in [-0.2, -0.15) is 0 Å². The quantitative estimate of drug-likeness (QED) is 0.843. The molecule has 1 fully saturated rings. The van der Waals surface area contributed by atoms with Gasteiger partial charge in [0.2, 0.25) is 0 Å². The zero-order valence-corrected chi connectivity index (χ0v) is 14.6. The highest BCUT2D eigenvalue weighted by molar-refractivity contribution is 7.11. The minimum absolute atomic E-state index is 0.142. The lowest BCUT2D eigenvalue weighted by molar-refractivity contribution is 0.173. The van der Waals surface area contributed by atoms with Crippen molar-refractivity contribution in [2.45, 2.75) is 84.7 Å². The van der Waals surface area contributed by atoms with Gasteiger partial charge >= 0.3 is 0 Å². The van der Waals surface area contributed by atoms with Crippen molar-refractivity contribution in [1.82, 2.24) is 10.3 Å². The van der Waals surface area contributed by atoms with Gasteiger partial charge in [-0.1, -0.05) is 20.3 Å². The Labute approximate surface area is 128 Å². The Morgan fingerprint density at radius 3 is 2.40 bits per heavy atom. The summed E-state index contributed by atoms with van der Waals surface area (Å²) in [5.41, 5.74) is 1.44. The summed E-state index contributed by atoms with van der Waals surface area (Å²) in [6.07, 6.45) is 7.57. The van der Waals surface area contributed by atoms with Gasteiger partial charge < -0.3 is 5.32 Å². The third-order valence-electron chi connectivity index (χ3n) is 4.74. The molecule has 0 unspecified atom stereocenters. The van der Waals surface area contributed by atoms with Gasteiger partial charge in [-0.05, 0) is 58.8 Å². The second kappa shape index (κ2) is 6.57. The van der Waals surface area contributed by atoms with Crippen LogP contribution < -0.4 is 5.32 Å². The fourth-order valence-corrected chi connectivity index (χ4v) is 4.72. The number of nitrogens with one attached hydrogen (secondary N) is 1. The number of aromatic nitrogens is 1. The van der Waals surface area contributed by atoms with Gasteiger partial charge in [0.05, 0.1) is 11.2 Å². The van der Waals surface area contributed by atoms with Crippen LogP contribution in [0.15, 0.2) is 0 Å². The van der Waals surface area contributed by atoms with Crippen LogP contribution in [0.2, 0.25) is 0 Å². The van der Waals surface area contributed by atoms with E-state index < -0.39 is 0 Å². The summed E-state index contributed by atoms with van der Waals surface area (Å²) in [5, 5.41) is 5.21. The first-order valence-electron chi connectivity index (χ1n) is 8.25. The summed E-state index contributed by atoms with van der Waals surface area (Å²) in [4.78, 5) is 6.39. The van der Waals surface area contributed by atoms with Crippen LogP contribution in [-0.2, 0) is 12.0 Å². The molecule has 0 radical (unpaired) electrons. The lowest BCUT2D eigenvalue weighted by atomic mass is 9.75. The molecule has 0 bridgehead atoms. The van der Waals surface area contributed by atoms with Gasteiger partial charge in [0.1, 0.15) is 5.01 Å². The van der Waals surface area contributed by atoms with E-state index in [-0.39, 0.29) is 5.54 Å². The molecule has 114 valence electrons. The van der Waals surface area contributed by atoms with E-state index in [2.05, 4.69) is 39.9 Å². The number of thiazole rings is 1. The maximum atomic E-state index is 4.98. The monoisotopic (exact) mass is 294 g/mol. The van der Waals surface area contributed by atoms with E-state index >= 15 is 0 Å². The Hall–Kier alpha value is -0.410. The molecule has 0 spiro atoms. The van der Waals surface area contributed by atoms with Crippen molar-refractivity contribution in [2.24, 2.45) is 5.92 Å². The molecule has 1 N–H and O–H groups in total. The van der Waals surface area contributed by atoms with Crippen molar-refractivity contribution in [2.75, 3.05) is 0 Å². The minimum atomic E-state index is 0.142. The van der Waals surface area contributed by atoms with Crippen LogP contribution in [0.1, 0.15) is 75.4 Å². The molecule has 0 atom stereocenters. The Kier molecular flexibility index (Phi) is 5.25. The van der Waals surface area contributed by atoms with Crippen LogP contribution in [-0.4, -0.2) is 11.0 Å². The lowest BCUT2D eigenvalue weighted by Gasteiger charge is -2.41. The third kappa shape index (κ3) is 3.25. The lowest BCUT2D eigenvalue weighted by Crippen LogP contribution is -2.48. The van der Waals surface area contributed by atoms with Crippen molar-refractivity contribution in [3.63, 3.8) is 0 Å². The molecule has 2 rings (SSSR count). The van der Waals surface area contributed by atoms with Gasteiger partial charge in [0, 0.05) is 10.9 Å². The van der Waals surface area contributed by atoms with Gasteiger partial charge in [0.25, 0.3) is 0 Å². The van der Waals surface area contributed by atoms with Crippen molar-refractivity contribution in [3.05, 3.63) is 15.6 Å². The van der Waals surface area contributed by atoms with Gasteiger partial charge in [-0.15, -0.1) is 11.3 Å². The molecule has 0 amide bonds. The highest BCUT2D eigenvalue weighted by atomic mass is 32.1. The van der Waals surface area contributed by atoms with Crippen LogP contribution in [0.25, 0.3) is 0 Å². The summed E-state index contributed by atoms with van der Waals surface area (Å²) in [6.45, 7) is 11.3. The Balaban J connectivity index is 2.27. The average molecular weight is 295 g/mol. The summed E-state index contributed by atoms with van der Waals surface area (Å²) in [5.74, 6) is 0.920. The molecule has 1 saturated carbocycles. The van der Waals surface area contributed by atoms with E-state index in [1.54, 1.807) is 0 Å². The first-order chi connectivity index (χ1) is 9.50. The third-order valence-corrected chi connectivity index (χ3v) is 5.96. The molecule has 1 aromatic heterocycles. The first kappa shape index (κ1) is 16.0. The number of hydrogen-bond donors (Lipinski definition) is 1. The molecule has 0 saturated heterocycles. The van der Waals surface area contributed by atoms with E-state index in [0.717, 1.165) is 12.3 Å². The van der Waals surface area contributed by atoms with Crippen LogP contribution in [0.3, 0.4) is 0 Å². The fraction of sp³-hybridized carbons (Fsp3) is 0.824. The van der Waals surface area contributed by atoms with Crippen LogP contribution >= 0.6 is 11.3 Å². The first-order valence-corrected chi connectivity index (χ1v) is 9.06. The second-order valence-corrected chi connectivity index (χ2v) is 7.81. The molecule has 0 aromatic carbocycles. The predicted molar refractivity (Wildman–Crippen MR) is 88.4 cm³/mol. The van der Waals surface area contributed by atoms with E-state index in [0.29, 0.717) is 6.04 Å². The minimum Gasteiger partial charge on any atom is -0.303 e. The largest absolute Gasteiger partial charge is 0.303 e. The smallest absolute Gasteiger partial charge is 0.113 e. The molecule has 2 nitrogen and oxygen atoms in total. The Morgan fingerprint density at radius 2 is 1.95 bits per heavy atom. The van der Waals surface area contributed by atoms with E-state index in [1.165, 1.54) is 47.7 Å². The van der Waals surface area contributed by atoms with E-state index in [1.807, 2.05) is 11.3 Å². The van der Waals surface area contributed by atoms with Crippen molar-refractivity contribution < 1.29 is 0 Å². The zero-order valence-electron chi connectivity index (χ0n) is 13.8. The number of aryl methyl sites for hydroxylation is 2. The van der Waals surface area contributed by atoms with E-state index in [9.17, 15) is 0 Å². The standard InChI is InChI=1S/C17H30N2S/c1-6-14-8-10-17(11-9-14,19-12(3)4)16-18-15(7-2)13(5)20-16/h12,14,19H,6-11H2,1-5H3. The normalized spacial score (nSPS) is 27.2. The zero-order chi connectivity index (χ0) is 14.8. The molecule has 20 heavy (non-hydrogen) atoms. The number of rotatable bonds is 5. The SMILES string of the molecule is CCc1nc(C2(NC(C)C)CCC(CC)CC2)sc1C. The molecule has 0 aliphatic heterocycles. The van der Waals surface area contributed by atoms with Crippen molar-refractivity contribution in [1.29, 1.82) is 0 Å². The van der Waals surface area contributed by atoms with Crippen LogP contribution in [0, 0.1) is 12.8 Å². The van der Waals surface area contributed by atoms with Crippen molar-refractivity contribution in [3.8, 4) is 0 Å². The van der Waals surface area contributed by atoms with Gasteiger partial charge in [-0.3, -0.25) is 0 Å². The number of nitrogens with zero attached hydrogens (tertiary/aromatic N) is 1. The topological polar surface area (TPSA) is 24.9 Å². The fourth-order valence-electron chi connectivity index (χ4n) is 3.51. The van der Waals surface area contributed by atoms with Crippen LogP contribution in [0.5, 0.6) is 0 Å². The molecular formula is C17H30N2S. The molecule has 1 heterocycles. The number of hydrogen-bond acceptors (Lipinski definition) is 3. The molecular weight excluding hydrogens is 264 g/mol.